The van der Waals surface area contributed by atoms with Gasteiger partial charge in [-0.1, -0.05) is 13.8 Å². The molecule has 2 fully saturated rings. The van der Waals surface area contributed by atoms with Gasteiger partial charge >= 0.3 is 23.9 Å². The van der Waals surface area contributed by atoms with E-state index in [1.54, 1.807) is 20.8 Å². The van der Waals surface area contributed by atoms with Crippen LogP contribution in [-0.2, 0) is 52.3 Å². The van der Waals surface area contributed by atoms with Crippen LogP contribution < -0.4 is 0 Å². The third-order valence-electron chi connectivity index (χ3n) is 6.07. The van der Waals surface area contributed by atoms with Gasteiger partial charge in [-0.15, -0.1) is 0 Å². The van der Waals surface area contributed by atoms with Crippen LogP contribution in [0.3, 0.4) is 0 Å². The van der Waals surface area contributed by atoms with Crippen molar-refractivity contribution in [3.05, 3.63) is 0 Å². The van der Waals surface area contributed by atoms with E-state index < -0.39 is 84.7 Å². The molecule has 35 heavy (non-hydrogen) atoms. The van der Waals surface area contributed by atoms with Crippen molar-refractivity contribution in [2.24, 2.45) is 11.8 Å². The largest absolute Gasteiger partial charge is 0.463 e. The van der Waals surface area contributed by atoms with Crippen molar-refractivity contribution in [2.45, 2.75) is 97.5 Å². The van der Waals surface area contributed by atoms with E-state index in [-0.39, 0.29) is 13.2 Å². The Bertz CT molecular complexity index is 766. The molecule has 0 aliphatic carbocycles. The molecule has 0 saturated carbocycles. The predicted octanol–water partition coefficient (Wildman–Crippen LogP) is 0.507. The van der Waals surface area contributed by atoms with E-state index in [0.717, 1.165) is 0 Å². The van der Waals surface area contributed by atoms with Gasteiger partial charge in [-0.3, -0.25) is 19.2 Å². The molecule has 12 heteroatoms. The zero-order valence-corrected chi connectivity index (χ0v) is 21.1. The lowest BCUT2D eigenvalue weighted by atomic mass is 9.87. The molecule has 2 aliphatic rings. The lowest BCUT2D eigenvalue weighted by Crippen LogP contribution is -2.61. The van der Waals surface area contributed by atoms with Crippen molar-refractivity contribution in [3.8, 4) is 0 Å². The van der Waals surface area contributed by atoms with Crippen LogP contribution in [0.2, 0.25) is 0 Å². The summed E-state index contributed by atoms with van der Waals surface area (Å²) in [6.45, 7) is 9.78. The summed E-state index contributed by atoms with van der Waals surface area (Å²) in [5.41, 5.74) is 0. The molecule has 12 nitrogen and oxygen atoms in total. The Morgan fingerprint density at radius 2 is 1.20 bits per heavy atom. The molecule has 0 radical (unpaired) electrons. The van der Waals surface area contributed by atoms with Crippen LogP contribution in [0.4, 0.5) is 0 Å². The molecule has 0 spiro atoms. The molecule has 5 unspecified atom stereocenters. The van der Waals surface area contributed by atoms with E-state index >= 15 is 0 Å². The van der Waals surface area contributed by atoms with E-state index in [0.29, 0.717) is 0 Å². The number of aliphatic hydroxyl groups is 1. The number of aliphatic hydroxyl groups excluding tert-OH is 1. The number of ether oxygens (including phenoxy) is 7. The minimum absolute atomic E-state index is 0.137. The quantitative estimate of drug-likeness (QED) is 0.362. The second-order valence-electron chi connectivity index (χ2n) is 8.99. The second-order valence-corrected chi connectivity index (χ2v) is 8.99. The average molecular weight is 505 g/mol. The van der Waals surface area contributed by atoms with E-state index in [1.165, 1.54) is 27.7 Å². The highest BCUT2D eigenvalue weighted by molar-refractivity contribution is 5.67. The standard InChI is InChI=1S/C23H36O12/c1-10-19(28)17(8-29-13(4)24)34-23(22(10)33-16(7)27)35-21-11(2)20(32-15(6)26)12(3)31-18(21)9-30-14(5)25/h10-12,17-23,28H,8-9H2,1-7H3/t10?,11?,12?,17?,18?,19-,20+,21+,22+,23+/m1/s1. The summed E-state index contributed by atoms with van der Waals surface area (Å²) in [5.74, 6) is -3.27. The molecule has 2 rings (SSSR count). The number of rotatable bonds is 8. The monoisotopic (exact) mass is 504 g/mol. The molecular formula is C23H36O12. The highest BCUT2D eigenvalue weighted by Crippen LogP contribution is 2.36. The Labute approximate surface area is 204 Å². The molecule has 0 aromatic heterocycles. The lowest BCUT2D eigenvalue weighted by molar-refractivity contribution is -0.329. The number of hydrogen-bond acceptors (Lipinski definition) is 12. The molecule has 1 N–H and O–H groups in total. The Morgan fingerprint density at radius 1 is 0.686 bits per heavy atom. The van der Waals surface area contributed by atoms with E-state index in [9.17, 15) is 24.3 Å². The van der Waals surface area contributed by atoms with Crippen molar-refractivity contribution in [3.63, 3.8) is 0 Å². The Morgan fingerprint density at radius 3 is 1.71 bits per heavy atom. The van der Waals surface area contributed by atoms with Crippen molar-refractivity contribution < 1.29 is 57.4 Å². The Hall–Kier alpha value is -2.28. The summed E-state index contributed by atoms with van der Waals surface area (Å²) >= 11 is 0. The maximum Gasteiger partial charge on any atom is 0.303 e. The first-order valence-corrected chi connectivity index (χ1v) is 11.6. The van der Waals surface area contributed by atoms with E-state index in [1.807, 2.05) is 0 Å². The topological polar surface area (TPSA) is 153 Å². The van der Waals surface area contributed by atoms with E-state index in [4.69, 9.17) is 33.2 Å². The molecule has 0 aromatic carbocycles. The van der Waals surface area contributed by atoms with Crippen LogP contribution in [0.5, 0.6) is 0 Å². The van der Waals surface area contributed by atoms with Gasteiger partial charge in [0.15, 0.2) is 12.4 Å². The van der Waals surface area contributed by atoms with Gasteiger partial charge in [-0.25, -0.2) is 0 Å². The first-order valence-electron chi connectivity index (χ1n) is 11.6. The van der Waals surface area contributed by atoms with Gasteiger partial charge in [-0.05, 0) is 6.92 Å². The summed E-state index contributed by atoms with van der Waals surface area (Å²) in [5, 5.41) is 10.7. The third-order valence-corrected chi connectivity index (χ3v) is 6.07. The second kappa shape index (κ2) is 12.6. The summed E-state index contributed by atoms with van der Waals surface area (Å²) in [6, 6.07) is 0. The van der Waals surface area contributed by atoms with Gasteiger partial charge in [-0.2, -0.15) is 0 Å². The zero-order valence-electron chi connectivity index (χ0n) is 21.1. The van der Waals surface area contributed by atoms with Gasteiger partial charge < -0.3 is 38.3 Å². The average Bonchev–Trinajstić information content (AvgIpc) is 2.75. The van der Waals surface area contributed by atoms with Crippen LogP contribution in [0.15, 0.2) is 0 Å². The molecule has 200 valence electrons. The Balaban J connectivity index is 2.34. The van der Waals surface area contributed by atoms with Gasteiger partial charge in [0, 0.05) is 39.5 Å². The van der Waals surface area contributed by atoms with Crippen LogP contribution in [0, 0.1) is 11.8 Å². The number of carbonyl (C=O) groups excluding carboxylic acids is 4. The van der Waals surface area contributed by atoms with Crippen molar-refractivity contribution in [1.29, 1.82) is 0 Å². The molecule has 10 atom stereocenters. The SMILES string of the molecule is CC(=O)OCC1O[C@@H](O[C@@H]2C(COC(C)=O)OC(C)[C@@H](OC(C)=O)C2C)[C@@H](OC(C)=O)C(C)[C@H]1O. The summed E-state index contributed by atoms with van der Waals surface area (Å²) < 4.78 is 39.2. The Kier molecular flexibility index (Phi) is 10.4. The fourth-order valence-corrected chi connectivity index (χ4v) is 4.39. The van der Waals surface area contributed by atoms with Gasteiger partial charge in [0.1, 0.15) is 31.5 Å². The fraction of sp³-hybridized carbons (Fsp3) is 0.826. The number of carbonyl (C=O) groups is 4. The lowest BCUT2D eigenvalue weighted by Gasteiger charge is -2.48. The first kappa shape index (κ1) is 29.0. The third kappa shape index (κ3) is 7.86. The summed E-state index contributed by atoms with van der Waals surface area (Å²) in [7, 11) is 0. The normalized spacial score (nSPS) is 37.1. The first-order chi connectivity index (χ1) is 16.3. The zero-order chi connectivity index (χ0) is 26.4. The maximum atomic E-state index is 11.8. The minimum Gasteiger partial charge on any atom is -0.463 e. The molecule has 2 heterocycles. The van der Waals surface area contributed by atoms with Gasteiger partial charge in [0.2, 0.25) is 0 Å². The molecule has 0 amide bonds. The number of esters is 4. The molecule has 0 bridgehead atoms. The van der Waals surface area contributed by atoms with Crippen LogP contribution in [0.1, 0.15) is 48.5 Å². The smallest absolute Gasteiger partial charge is 0.303 e. The van der Waals surface area contributed by atoms with E-state index in [2.05, 4.69) is 0 Å². The fourth-order valence-electron chi connectivity index (χ4n) is 4.39. The van der Waals surface area contributed by atoms with Crippen LogP contribution in [0.25, 0.3) is 0 Å². The highest BCUT2D eigenvalue weighted by atomic mass is 16.7. The number of hydrogen-bond donors (Lipinski definition) is 1. The molecule has 2 saturated heterocycles. The van der Waals surface area contributed by atoms with Gasteiger partial charge in [0.25, 0.3) is 0 Å². The van der Waals surface area contributed by atoms with Crippen molar-refractivity contribution >= 4 is 23.9 Å². The predicted molar refractivity (Wildman–Crippen MR) is 117 cm³/mol. The summed E-state index contributed by atoms with van der Waals surface area (Å²) in [4.78, 5) is 46.2. The molecular weight excluding hydrogens is 468 g/mol. The van der Waals surface area contributed by atoms with Crippen molar-refractivity contribution in [1.82, 2.24) is 0 Å². The maximum absolute atomic E-state index is 11.8. The highest BCUT2D eigenvalue weighted by Gasteiger charge is 2.51. The molecule has 2 aliphatic heterocycles. The van der Waals surface area contributed by atoms with Crippen LogP contribution >= 0.6 is 0 Å². The molecule has 0 aromatic rings. The minimum atomic E-state index is -1.19. The summed E-state index contributed by atoms with van der Waals surface area (Å²) in [6.07, 6.45) is -7.07. The van der Waals surface area contributed by atoms with Crippen molar-refractivity contribution in [2.75, 3.05) is 13.2 Å². The van der Waals surface area contributed by atoms with Gasteiger partial charge in [0.05, 0.1) is 18.3 Å². The van der Waals surface area contributed by atoms with Crippen LogP contribution in [-0.4, -0.2) is 91.2 Å².